The Balaban J connectivity index is 1.42. The first-order valence-corrected chi connectivity index (χ1v) is 16.5. The number of carbonyl (C=O) groups is 1. The third-order valence-electron chi connectivity index (χ3n) is 10.1. The van der Waals surface area contributed by atoms with E-state index in [9.17, 15) is 28.2 Å². The molecular weight excluding hydrogens is 571 g/mol. The average Bonchev–Trinajstić information content (AvgIpc) is 3.26. The Morgan fingerprint density at radius 3 is 2.56 bits per heavy atom. The van der Waals surface area contributed by atoms with Gasteiger partial charge in [0, 0.05) is 10.5 Å². The van der Waals surface area contributed by atoms with Gasteiger partial charge in [0.1, 0.15) is 0 Å². The lowest BCUT2D eigenvalue weighted by Gasteiger charge is -2.44. The number of aliphatic hydroxyl groups excluding tert-OH is 1. The molecule has 3 aliphatic rings. The van der Waals surface area contributed by atoms with E-state index >= 15 is 0 Å². The smallest absolute Gasteiger partial charge is 0.393 e. The molecule has 238 valence electrons. The van der Waals surface area contributed by atoms with Crippen molar-refractivity contribution in [2.45, 2.75) is 120 Å². The van der Waals surface area contributed by atoms with E-state index < -0.39 is 29.2 Å². The van der Waals surface area contributed by atoms with Crippen molar-refractivity contribution in [2.75, 3.05) is 0 Å². The van der Waals surface area contributed by atoms with Crippen molar-refractivity contribution in [3.63, 3.8) is 0 Å². The van der Waals surface area contributed by atoms with Crippen LogP contribution in [-0.4, -0.2) is 39.4 Å². The predicted octanol–water partition coefficient (Wildman–Crippen LogP) is 8.75. The molecule has 4 nitrogen and oxygen atoms in total. The summed E-state index contributed by atoms with van der Waals surface area (Å²) in [5.41, 5.74) is -1.30. The van der Waals surface area contributed by atoms with E-state index in [0.717, 1.165) is 43.3 Å². The molecule has 0 radical (unpaired) electrons. The van der Waals surface area contributed by atoms with Crippen LogP contribution in [0.5, 0.6) is 0 Å². The number of halogens is 3. The van der Waals surface area contributed by atoms with Gasteiger partial charge in [0.05, 0.1) is 17.7 Å². The van der Waals surface area contributed by atoms with E-state index in [1.807, 2.05) is 13.8 Å². The van der Waals surface area contributed by atoms with Crippen molar-refractivity contribution in [1.82, 2.24) is 5.32 Å². The fourth-order valence-corrected chi connectivity index (χ4v) is 8.50. The molecule has 0 saturated heterocycles. The highest BCUT2D eigenvalue weighted by Crippen LogP contribution is 2.60. The monoisotopic (exact) mass is 619 g/mol. The molecule has 0 unspecified atom stereocenters. The Morgan fingerprint density at radius 1 is 1.21 bits per heavy atom. The minimum absolute atomic E-state index is 0.0207. The SMILES string of the molecule is C=C1/C(=C\C=C2/CCC[C@]3(C)[C@@H]([C@H](C)CCCC(C)(C)O)CC[C@@H]23)C[C@@H](O)C[C@@H]1NC(=O)c1ccc(SC(F)(F)F)cc1. The van der Waals surface area contributed by atoms with Gasteiger partial charge in [-0.25, -0.2) is 0 Å². The lowest BCUT2D eigenvalue weighted by Crippen LogP contribution is -2.41. The largest absolute Gasteiger partial charge is 0.446 e. The Labute approximate surface area is 259 Å². The summed E-state index contributed by atoms with van der Waals surface area (Å²) in [5, 5.41) is 23.7. The van der Waals surface area contributed by atoms with Gasteiger partial charge in [0.15, 0.2) is 0 Å². The number of fused-ring (bicyclic) bond motifs is 1. The quantitative estimate of drug-likeness (QED) is 0.242. The van der Waals surface area contributed by atoms with Crippen molar-refractivity contribution in [3.05, 3.63) is 65.3 Å². The fourth-order valence-electron chi connectivity index (χ4n) is 7.96. The molecule has 3 fully saturated rings. The van der Waals surface area contributed by atoms with Gasteiger partial charge >= 0.3 is 5.51 Å². The van der Waals surface area contributed by atoms with Gasteiger partial charge < -0.3 is 15.5 Å². The first-order valence-electron chi connectivity index (χ1n) is 15.7. The maximum atomic E-state index is 12.9. The summed E-state index contributed by atoms with van der Waals surface area (Å²) in [6.45, 7) is 12.9. The maximum Gasteiger partial charge on any atom is 0.446 e. The summed E-state index contributed by atoms with van der Waals surface area (Å²) >= 11 is -0.215. The van der Waals surface area contributed by atoms with Crippen LogP contribution in [0.25, 0.3) is 0 Å². The molecule has 3 N–H and O–H groups in total. The Morgan fingerprint density at radius 2 is 1.91 bits per heavy atom. The molecule has 0 aliphatic heterocycles. The van der Waals surface area contributed by atoms with E-state index in [1.54, 1.807) is 0 Å². The average molecular weight is 620 g/mol. The second kappa shape index (κ2) is 13.5. The van der Waals surface area contributed by atoms with Crippen LogP contribution in [0.15, 0.2) is 64.6 Å². The molecule has 1 aromatic rings. The third-order valence-corrected chi connectivity index (χ3v) is 10.9. The topological polar surface area (TPSA) is 69.6 Å². The second-order valence-electron chi connectivity index (χ2n) is 13.9. The normalized spacial score (nSPS) is 30.9. The zero-order valence-electron chi connectivity index (χ0n) is 26.0. The molecule has 3 aliphatic carbocycles. The number of carbonyl (C=O) groups excluding carboxylic acids is 1. The highest BCUT2D eigenvalue weighted by molar-refractivity contribution is 8.00. The Bertz CT molecular complexity index is 1220. The van der Waals surface area contributed by atoms with Crippen LogP contribution in [0.4, 0.5) is 13.2 Å². The molecule has 4 rings (SSSR count). The van der Waals surface area contributed by atoms with Gasteiger partial charge in [-0.05, 0) is 136 Å². The number of hydrogen-bond acceptors (Lipinski definition) is 4. The Hall–Kier alpha value is -2.03. The van der Waals surface area contributed by atoms with Crippen molar-refractivity contribution in [1.29, 1.82) is 0 Å². The van der Waals surface area contributed by atoms with Crippen molar-refractivity contribution < 1.29 is 28.2 Å². The number of rotatable bonds is 9. The third kappa shape index (κ3) is 8.79. The number of aliphatic hydroxyl groups is 2. The number of nitrogens with one attached hydrogen (secondary N) is 1. The van der Waals surface area contributed by atoms with Crippen LogP contribution in [0.1, 0.15) is 102 Å². The summed E-state index contributed by atoms with van der Waals surface area (Å²) in [4.78, 5) is 12.9. The van der Waals surface area contributed by atoms with E-state index in [2.05, 4.69) is 37.9 Å². The number of alkyl halides is 3. The van der Waals surface area contributed by atoms with E-state index in [1.165, 1.54) is 49.1 Å². The number of allylic oxidation sites excluding steroid dienone is 3. The first-order chi connectivity index (χ1) is 20.1. The van der Waals surface area contributed by atoms with Crippen molar-refractivity contribution >= 4 is 17.7 Å². The molecule has 8 heteroatoms. The summed E-state index contributed by atoms with van der Waals surface area (Å²) < 4.78 is 37.9. The van der Waals surface area contributed by atoms with Gasteiger partial charge in [-0.2, -0.15) is 13.2 Å². The Kier molecular flexibility index (Phi) is 10.7. The molecule has 0 aromatic heterocycles. The number of thioether (sulfide) groups is 1. The first kappa shape index (κ1) is 33.9. The minimum Gasteiger partial charge on any atom is -0.393 e. The van der Waals surface area contributed by atoms with Crippen molar-refractivity contribution in [2.24, 2.45) is 23.2 Å². The zero-order valence-corrected chi connectivity index (χ0v) is 26.8. The van der Waals surface area contributed by atoms with Crippen LogP contribution >= 0.6 is 11.8 Å². The lowest BCUT2D eigenvalue weighted by molar-refractivity contribution is -0.0328. The van der Waals surface area contributed by atoms with Gasteiger partial charge in [0.2, 0.25) is 0 Å². The van der Waals surface area contributed by atoms with Gasteiger partial charge in [-0.3, -0.25) is 4.79 Å². The highest BCUT2D eigenvalue weighted by atomic mass is 32.2. The summed E-state index contributed by atoms with van der Waals surface area (Å²) in [5.74, 6) is 1.42. The van der Waals surface area contributed by atoms with E-state index in [0.29, 0.717) is 30.6 Å². The number of benzene rings is 1. The molecule has 1 aromatic carbocycles. The molecule has 1 amide bonds. The summed E-state index contributed by atoms with van der Waals surface area (Å²) in [7, 11) is 0. The van der Waals surface area contributed by atoms with Crippen LogP contribution < -0.4 is 5.32 Å². The van der Waals surface area contributed by atoms with Crippen LogP contribution in [0.2, 0.25) is 0 Å². The molecule has 0 bridgehead atoms. The summed E-state index contributed by atoms with van der Waals surface area (Å²) in [6, 6.07) is 4.89. The van der Waals surface area contributed by atoms with Crippen molar-refractivity contribution in [3.8, 4) is 0 Å². The summed E-state index contributed by atoms with van der Waals surface area (Å²) in [6.07, 6.45) is 13.4. The van der Waals surface area contributed by atoms with Crippen LogP contribution in [-0.2, 0) is 0 Å². The molecule has 0 spiro atoms. The second-order valence-corrected chi connectivity index (χ2v) is 15.1. The molecule has 3 saturated carbocycles. The standard InChI is InChI=1S/C35H48F3NO3S/c1-22(8-6-18-33(3,4)42)29-16-17-30-24(9-7-19-34(29,30)5)10-11-26-20-27(40)21-31(23(26)2)39-32(41)25-12-14-28(15-13-25)43-35(36,37)38/h10-15,22,27,29-31,40,42H,2,6-9,16-21H2,1,3-5H3,(H,39,41)/b24-10+,26-11-/t22-,27-,29-,30+,31+,34-/m1/s1. The number of hydrogen-bond donors (Lipinski definition) is 3. The number of amides is 1. The van der Waals surface area contributed by atoms with E-state index in [-0.39, 0.29) is 27.6 Å². The minimum atomic E-state index is -4.38. The van der Waals surface area contributed by atoms with E-state index in [4.69, 9.17) is 0 Å². The molecule has 0 heterocycles. The molecule has 6 atom stereocenters. The van der Waals surface area contributed by atoms with Gasteiger partial charge in [-0.1, -0.05) is 51.0 Å². The van der Waals surface area contributed by atoms with Crippen LogP contribution in [0.3, 0.4) is 0 Å². The highest BCUT2D eigenvalue weighted by Gasteiger charge is 2.50. The molecule has 43 heavy (non-hydrogen) atoms. The maximum absolute atomic E-state index is 12.9. The molecular formula is C35H48F3NO3S. The fraction of sp³-hybridized carbons (Fsp3) is 0.629. The van der Waals surface area contributed by atoms with Crippen LogP contribution in [0, 0.1) is 23.2 Å². The zero-order chi connectivity index (χ0) is 31.6. The van der Waals surface area contributed by atoms with Gasteiger partial charge in [0.25, 0.3) is 5.91 Å². The predicted molar refractivity (Wildman–Crippen MR) is 168 cm³/mol. The van der Waals surface area contributed by atoms with Gasteiger partial charge in [-0.15, -0.1) is 0 Å². The lowest BCUT2D eigenvalue weighted by atomic mass is 9.60.